The van der Waals surface area contributed by atoms with Crippen LogP contribution in [0.15, 0.2) is 29.8 Å². The molecule has 2 aliphatic rings. The lowest BCUT2D eigenvalue weighted by Gasteiger charge is -2.42. The van der Waals surface area contributed by atoms with Crippen LogP contribution in [0.1, 0.15) is 50.5 Å². The Morgan fingerprint density at radius 1 is 1.20 bits per heavy atom. The molecule has 0 aliphatic heterocycles. The second-order valence-electron chi connectivity index (χ2n) is 8.10. The van der Waals surface area contributed by atoms with E-state index in [1.54, 1.807) is 7.11 Å². The number of nitrogens with zero attached hydrogens (tertiary/aromatic N) is 1. The van der Waals surface area contributed by atoms with Crippen LogP contribution in [-0.4, -0.2) is 43.4 Å². The molecule has 1 N–H and O–H groups in total. The van der Waals surface area contributed by atoms with Crippen LogP contribution in [0.25, 0.3) is 6.08 Å². The van der Waals surface area contributed by atoms with Crippen LogP contribution in [0.2, 0.25) is 0 Å². The summed E-state index contributed by atoms with van der Waals surface area (Å²) in [4.78, 5) is 2.23. The van der Waals surface area contributed by atoms with E-state index in [-0.39, 0.29) is 0 Å². The van der Waals surface area contributed by atoms with Gasteiger partial charge < -0.3 is 14.7 Å². The first-order valence-corrected chi connectivity index (χ1v) is 9.76. The maximum Gasteiger partial charge on any atom is 0.119 e. The molecule has 0 spiro atoms. The molecule has 0 radical (unpaired) electrons. The van der Waals surface area contributed by atoms with Crippen LogP contribution in [0.5, 0.6) is 5.75 Å². The van der Waals surface area contributed by atoms with Crippen LogP contribution in [0, 0.1) is 11.8 Å². The predicted octanol–water partition coefficient (Wildman–Crippen LogP) is 4.36. The molecular weight excluding hydrogens is 310 g/mol. The topological polar surface area (TPSA) is 32.7 Å². The van der Waals surface area contributed by atoms with Crippen molar-refractivity contribution in [3.05, 3.63) is 35.4 Å². The zero-order valence-electron chi connectivity index (χ0n) is 16.0. The number of benzene rings is 1. The predicted molar refractivity (Wildman–Crippen MR) is 104 cm³/mol. The standard InChI is InChI=1S/C22H33NO2/c1-23(2)16-20-13-12-19(14-17-8-7-11-21(15-17)25-3)22(20,24)18-9-5-4-6-10-18/h7-8,11,14-15,18,20,24H,4-6,9-10,12-13,16H2,1-3H3/b19-14+. The Morgan fingerprint density at radius 2 is 1.96 bits per heavy atom. The van der Waals surface area contributed by atoms with Crippen molar-refractivity contribution in [1.82, 2.24) is 4.90 Å². The van der Waals surface area contributed by atoms with Crippen molar-refractivity contribution in [2.75, 3.05) is 27.7 Å². The quantitative estimate of drug-likeness (QED) is 0.862. The zero-order valence-corrected chi connectivity index (χ0v) is 16.0. The lowest BCUT2D eigenvalue weighted by Crippen LogP contribution is -2.47. The molecule has 3 nitrogen and oxygen atoms in total. The van der Waals surface area contributed by atoms with Gasteiger partial charge >= 0.3 is 0 Å². The smallest absolute Gasteiger partial charge is 0.119 e. The lowest BCUT2D eigenvalue weighted by molar-refractivity contribution is -0.0399. The molecule has 3 rings (SSSR count). The van der Waals surface area contributed by atoms with Gasteiger partial charge in [0.05, 0.1) is 12.7 Å². The van der Waals surface area contributed by atoms with Crippen molar-refractivity contribution in [2.24, 2.45) is 11.8 Å². The number of hydrogen-bond acceptors (Lipinski definition) is 3. The highest BCUT2D eigenvalue weighted by Gasteiger charge is 2.50. The fourth-order valence-electron chi connectivity index (χ4n) is 4.94. The third-order valence-electron chi connectivity index (χ3n) is 6.15. The Bertz CT molecular complexity index is 604. The second kappa shape index (κ2) is 7.92. The van der Waals surface area contributed by atoms with Gasteiger partial charge in [0, 0.05) is 12.5 Å². The number of rotatable bonds is 5. The highest BCUT2D eigenvalue weighted by atomic mass is 16.5. The molecule has 2 aliphatic carbocycles. The van der Waals surface area contributed by atoms with Crippen LogP contribution in [0.4, 0.5) is 0 Å². The Morgan fingerprint density at radius 3 is 2.64 bits per heavy atom. The Hall–Kier alpha value is -1.32. The third-order valence-corrected chi connectivity index (χ3v) is 6.15. The van der Waals surface area contributed by atoms with Crippen LogP contribution in [-0.2, 0) is 0 Å². The Balaban J connectivity index is 1.94. The number of methoxy groups -OCH3 is 1. The molecular formula is C22H33NO2. The first kappa shape index (κ1) is 18.5. The van der Waals surface area contributed by atoms with Gasteiger partial charge in [-0.1, -0.05) is 37.5 Å². The molecule has 0 aromatic heterocycles. The molecule has 1 aromatic rings. The minimum Gasteiger partial charge on any atom is -0.497 e. The minimum atomic E-state index is -0.645. The van der Waals surface area contributed by atoms with Crippen molar-refractivity contribution in [1.29, 1.82) is 0 Å². The Kier molecular flexibility index (Phi) is 5.85. The summed E-state index contributed by atoms with van der Waals surface area (Å²) in [7, 11) is 5.93. The number of aliphatic hydroxyl groups is 1. The lowest BCUT2D eigenvalue weighted by atomic mass is 9.70. The zero-order chi connectivity index (χ0) is 17.9. The van der Waals surface area contributed by atoms with Gasteiger partial charge in [0.1, 0.15) is 5.75 Å². The van der Waals surface area contributed by atoms with Gasteiger partial charge in [0.2, 0.25) is 0 Å². The SMILES string of the molecule is COc1cccc(/C=C2\CCC(CN(C)C)C2(O)C2CCCCC2)c1. The maximum atomic E-state index is 11.9. The van der Waals surface area contributed by atoms with E-state index in [2.05, 4.69) is 37.2 Å². The molecule has 2 unspecified atom stereocenters. The van der Waals surface area contributed by atoms with E-state index in [1.165, 1.54) is 24.8 Å². The van der Waals surface area contributed by atoms with Crippen LogP contribution >= 0.6 is 0 Å². The van der Waals surface area contributed by atoms with E-state index in [0.717, 1.165) is 43.5 Å². The van der Waals surface area contributed by atoms with E-state index in [0.29, 0.717) is 11.8 Å². The van der Waals surface area contributed by atoms with Crippen LogP contribution < -0.4 is 4.74 Å². The van der Waals surface area contributed by atoms with Gasteiger partial charge in [-0.05, 0) is 69.0 Å². The molecule has 0 bridgehead atoms. The molecule has 2 atom stereocenters. The van der Waals surface area contributed by atoms with Crippen molar-refractivity contribution in [3.63, 3.8) is 0 Å². The highest BCUT2D eigenvalue weighted by Crippen LogP contribution is 2.50. The number of ether oxygens (including phenoxy) is 1. The van der Waals surface area contributed by atoms with Crippen molar-refractivity contribution in [2.45, 2.75) is 50.5 Å². The molecule has 2 saturated carbocycles. The molecule has 0 heterocycles. The summed E-state index contributed by atoms with van der Waals surface area (Å²) in [6, 6.07) is 8.17. The molecule has 2 fully saturated rings. The summed E-state index contributed by atoms with van der Waals surface area (Å²) in [6.45, 7) is 0.961. The fourth-order valence-corrected chi connectivity index (χ4v) is 4.94. The molecule has 0 saturated heterocycles. The molecule has 0 amide bonds. The van der Waals surface area contributed by atoms with Gasteiger partial charge in [-0.15, -0.1) is 0 Å². The van der Waals surface area contributed by atoms with Gasteiger partial charge in [-0.3, -0.25) is 0 Å². The average molecular weight is 344 g/mol. The van der Waals surface area contributed by atoms with Gasteiger partial charge in [-0.2, -0.15) is 0 Å². The first-order chi connectivity index (χ1) is 12.0. The fraction of sp³-hybridized carbons (Fsp3) is 0.636. The molecule has 3 heteroatoms. The molecule has 1 aromatic carbocycles. The summed E-state index contributed by atoms with van der Waals surface area (Å²) in [6.07, 6.45) is 10.5. The van der Waals surface area contributed by atoms with E-state index in [1.807, 2.05) is 12.1 Å². The van der Waals surface area contributed by atoms with E-state index >= 15 is 0 Å². The van der Waals surface area contributed by atoms with Crippen LogP contribution in [0.3, 0.4) is 0 Å². The average Bonchev–Trinajstić information content (AvgIpc) is 2.93. The van der Waals surface area contributed by atoms with Gasteiger partial charge in [0.25, 0.3) is 0 Å². The normalized spacial score (nSPS) is 29.5. The van der Waals surface area contributed by atoms with E-state index < -0.39 is 5.60 Å². The van der Waals surface area contributed by atoms with Crippen molar-refractivity contribution < 1.29 is 9.84 Å². The maximum absolute atomic E-state index is 11.9. The van der Waals surface area contributed by atoms with Crippen molar-refractivity contribution >= 4 is 6.08 Å². The Labute approximate surface area is 152 Å². The summed E-state index contributed by atoms with van der Waals surface area (Å²) in [5, 5.41) is 11.9. The number of hydrogen-bond donors (Lipinski definition) is 1. The summed E-state index contributed by atoms with van der Waals surface area (Å²) >= 11 is 0. The largest absolute Gasteiger partial charge is 0.497 e. The van der Waals surface area contributed by atoms with Gasteiger partial charge in [0.15, 0.2) is 0 Å². The van der Waals surface area contributed by atoms with Crippen molar-refractivity contribution in [3.8, 4) is 5.75 Å². The monoisotopic (exact) mass is 343 g/mol. The summed E-state index contributed by atoms with van der Waals surface area (Å²) < 4.78 is 5.36. The van der Waals surface area contributed by atoms with E-state index in [4.69, 9.17) is 4.74 Å². The highest BCUT2D eigenvalue weighted by molar-refractivity contribution is 5.58. The first-order valence-electron chi connectivity index (χ1n) is 9.76. The third kappa shape index (κ3) is 3.93. The summed E-state index contributed by atoms with van der Waals surface area (Å²) in [5.41, 5.74) is 1.72. The molecule has 138 valence electrons. The minimum absolute atomic E-state index is 0.336. The second-order valence-corrected chi connectivity index (χ2v) is 8.10. The molecule has 25 heavy (non-hydrogen) atoms. The van der Waals surface area contributed by atoms with Gasteiger partial charge in [-0.25, -0.2) is 0 Å². The van der Waals surface area contributed by atoms with E-state index in [9.17, 15) is 5.11 Å². The summed E-state index contributed by atoms with van der Waals surface area (Å²) in [5.74, 6) is 1.62.